The number of nitrogens with one attached hydrogen (secondary N) is 1. The number of likely N-dealkylation sites (tertiary alicyclic amines) is 1. The highest BCUT2D eigenvalue weighted by Gasteiger charge is 2.28. The van der Waals surface area contributed by atoms with Gasteiger partial charge in [-0.1, -0.05) is 12.5 Å². The molecule has 9 heteroatoms. The number of Topliss-reactive ketones (excluding diaryl/α,β-unsaturated/α-hetero) is 1. The number of nitrogens with zero attached hydrogens (tertiary/aromatic N) is 1. The van der Waals surface area contributed by atoms with Gasteiger partial charge in [-0.2, -0.15) is 0 Å². The Hall–Kier alpha value is -3.17. The van der Waals surface area contributed by atoms with E-state index in [-0.39, 0.29) is 23.9 Å². The van der Waals surface area contributed by atoms with Crippen molar-refractivity contribution < 1.29 is 33.7 Å². The van der Waals surface area contributed by atoms with Gasteiger partial charge < -0.3 is 29.9 Å². The third kappa shape index (κ3) is 7.91. The lowest BCUT2D eigenvalue weighted by Crippen LogP contribution is -2.49. The minimum Gasteiger partial charge on any atom is -0.508 e. The van der Waals surface area contributed by atoms with Crippen LogP contribution in [0.1, 0.15) is 67.0 Å². The van der Waals surface area contributed by atoms with E-state index in [1.165, 1.54) is 12.1 Å². The van der Waals surface area contributed by atoms with Crippen molar-refractivity contribution in [3.05, 3.63) is 53.6 Å². The van der Waals surface area contributed by atoms with Crippen LogP contribution in [0.2, 0.25) is 0 Å². The number of piperidine rings is 1. The van der Waals surface area contributed by atoms with E-state index >= 15 is 0 Å². The average molecular weight is 529 g/mol. The minimum absolute atomic E-state index is 0.00844. The number of carbonyl (C=O) groups is 2. The highest BCUT2D eigenvalue weighted by molar-refractivity contribution is 5.96. The lowest BCUT2D eigenvalue weighted by atomic mass is 9.99. The number of ketones is 1. The minimum atomic E-state index is -0.971. The predicted octanol–water partition coefficient (Wildman–Crippen LogP) is 3.95. The summed E-state index contributed by atoms with van der Waals surface area (Å²) < 4.78 is 24.9. The van der Waals surface area contributed by atoms with Gasteiger partial charge >= 0.3 is 0 Å². The van der Waals surface area contributed by atoms with Crippen LogP contribution in [0.15, 0.2) is 42.5 Å². The summed E-state index contributed by atoms with van der Waals surface area (Å²) in [7, 11) is 0. The molecule has 0 radical (unpaired) electrons. The fourth-order valence-corrected chi connectivity index (χ4v) is 4.88. The molecule has 2 heterocycles. The van der Waals surface area contributed by atoms with Gasteiger partial charge in [-0.05, 0) is 67.6 Å². The summed E-state index contributed by atoms with van der Waals surface area (Å²) in [6.45, 7) is 2.48. The number of unbranched alkanes of at least 4 members (excludes halogenated alkanes) is 2. The number of hydrogen-bond donors (Lipinski definition) is 3. The van der Waals surface area contributed by atoms with Crippen molar-refractivity contribution in [3.63, 3.8) is 0 Å². The summed E-state index contributed by atoms with van der Waals surface area (Å²) in [5.74, 6) is 1.16. The van der Waals surface area contributed by atoms with Gasteiger partial charge in [-0.25, -0.2) is 4.39 Å². The van der Waals surface area contributed by atoms with Gasteiger partial charge in [-0.15, -0.1) is 0 Å². The third-order valence-electron chi connectivity index (χ3n) is 7.10. The Bertz CT molecular complexity index is 1070. The van der Waals surface area contributed by atoms with Gasteiger partial charge in [0, 0.05) is 38.0 Å². The van der Waals surface area contributed by atoms with E-state index in [9.17, 15) is 24.2 Å². The molecule has 3 N–H and O–H groups in total. The van der Waals surface area contributed by atoms with Crippen LogP contribution in [0.25, 0.3) is 0 Å². The van der Waals surface area contributed by atoms with Crippen molar-refractivity contribution in [2.75, 3.05) is 32.8 Å². The number of fused-ring (bicyclic) bond motifs is 1. The number of benzene rings is 2. The van der Waals surface area contributed by atoms with Crippen molar-refractivity contribution in [2.24, 2.45) is 0 Å². The predicted molar refractivity (Wildman–Crippen MR) is 140 cm³/mol. The summed E-state index contributed by atoms with van der Waals surface area (Å²) >= 11 is 0. The maximum absolute atomic E-state index is 13.7. The van der Waals surface area contributed by atoms with Crippen LogP contribution in [0.5, 0.6) is 17.2 Å². The molecule has 0 spiro atoms. The van der Waals surface area contributed by atoms with E-state index in [0.29, 0.717) is 87.6 Å². The van der Waals surface area contributed by atoms with E-state index in [2.05, 4.69) is 10.2 Å². The molecule has 1 amide bonds. The molecular formula is C29H37FN2O6. The number of aliphatic hydroxyl groups excluding tert-OH is 1. The Labute approximate surface area is 222 Å². The van der Waals surface area contributed by atoms with Gasteiger partial charge in [0.05, 0.1) is 6.04 Å². The standard InChI is InChI=1S/C29H37FN2O6/c30-22-12-14-32(15-13-22)19-24(29(36)21-8-11-26-27(18-21)38-17-16-37-26)31-28(35)5-3-1-2-4-25(34)20-6-9-23(33)10-7-20/h6-11,18,22,24,29,33,36H,1-5,12-17,19H2,(H,31,35). The fraction of sp³-hybridized carbons (Fsp3) is 0.517. The quantitative estimate of drug-likeness (QED) is 0.283. The second-order valence-electron chi connectivity index (χ2n) is 10.0. The number of hydrogen-bond acceptors (Lipinski definition) is 7. The second kappa shape index (κ2) is 13.6. The van der Waals surface area contributed by atoms with Gasteiger partial charge in [0.1, 0.15) is 31.2 Å². The van der Waals surface area contributed by atoms with Crippen LogP contribution in [0.3, 0.4) is 0 Å². The van der Waals surface area contributed by atoms with Crippen LogP contribution < -0.4 is 14.8 Å². The maximum Gasteiger partial charge on any atom is 0.220 e. The van der Waals surface area contributed by atoms with E-state index in [1.54, 1.807) is 30.3 Å². The summed E-state index contributed by atoms with van der Waals surface area (Å²) in [6, 6.07) is 10.9. The zero-order valence-corrected chi connectivity index (χ0v) is 21.6. The number of aliphatic hydroxyl groups is 1. The Kier molecular flexibility index (Phi) is 9.95. The van der Waals surface area contributed by atoms with Crippen molar-refractivity contribution in [1.29, 1.82) is 0 Å². The number of phenols is 1. The van der Waals surface area contributed by atoms with Crippen LogP contribution in [0.4, 0.5) is 4.39 Å². The Balaban J connectivity index is 1.29. The maximum atomic E-state index is 13.7. The highest BCUT2D eigenvalue weighted by Crippen LogP contribution is 2.33. The first-order valence-electron chi connectivity index (χ1n) is 13.4. The SMILES string of the molecule is O=C(CCCCCC(=O)c1ccc(O)cc1)NC(CN1CCC(F)CC1)C(O)c1ccc2c(c1)OCCO2. The number of alkyl halides is 1. The van der Waals surface area contributed by atoms with Gasteiger partial charge in [0.15, 0.2) is 17.3 Å². The number of amides is 1. The van der Waals surface area contributed by atoms with Gasteiger partial charge in [-0.3, -0.25) is 9.59 Å². The van der Waals surface area contributed by atoms with E-state index < -0.39 is 18.3 Å². The normalized spacial score (nSPS) is 17.5. The van der Waals surface area contributed by atoms with Crippen molar-refractivity contribution in [1.82, 2.24) is 10.2 Å². The number of halogens is 1. The molecule has 2 unspecified atom stereocenters. The van der Waals surface area contributed by atoms with E-state index in [4.69, 9.17) is 9.47 Å². The average Bonchev–Trinajstić information content (AvgIpc) is 2.93. The molecule has 4 rings (SSSR count). The molecule has 0 aromatic heterocycles. The van der Waals surface area contributed by atoms with Gasteiger partial charge in [0.25, 0.3) is 0 Å². The largest absolute Gasteiger partial charge is 0.508 e. The van der Waals surface area contributed by atoms with E-state index in [0.717, 1.165) is 6.42 Å². The third-order valence-corrected chi connectivity index (χ3v) is 7.10. The smallest absolute Gasteiger partial charge is 0.220 e. The Morgan fingerprint density at radius 2 is 1.66 bits per heavy atom. The molecule has 2 aliphatic heterocycles. The molecule has 0 bridgehead atoms. The number of carbonyl (C=O) groups excluding carboxylic acids is 2. The molecule has 2 aromatic carbocycles. The molecule has 0 saturated carbocycles. The first-order chi connectivity index (χ1) is 18.4. The van der Waals surface area contributed by atoms with Crippen LogP contribution in [-0.2, 0) is 4.79 Å². The Morgan fingerprint density at radius 3 is 2.39 bits per heavy atom. The van der Waals surface area contributed by atoms with E-state index in [1.807, 2.05) is 0 Å². The van der Waals surface area contributed by atoms with Crippen molar-refractivity contribution in [2.45, 2.75) is 63.3 Å². The molecule has 2 atom stereocenters. The molecule has 1 fully saturated rings. The van der Waals surface area contributed by atoms with Crippen molar-refractivity contribution in [3.8, 4) is 17.2 Å². The molecule has 2 aliphatic rings. The topological polar surface area (TPSA) is 108 Å². The van der Waals surface area contributed by atoms with Gasteiger partial charge in [0.2, 0.25) is 5.91 Å². The summed E-state index contributed by atoms with van der Waals surface area (Å²) in [4.78, 5) is 27.2. The lowest BCUT2D eigenvalue weighted by Gasteiger charge is -2.34. The molecule has 1 saturated heterocycles. The number of phenolic OH excluding ortho intramolecular Hbond substituents is 1. The molecular weight excluding hydrogens is 491 g/mol. The molecule has 206 valence electrons. The zero-order valence-electron chi connectivity index (χ0n) is 21.6. The summed E-state index contributed by atoms with van der Waals surface area (Å²) in [5.41, 5.74) is 1.18. The first-order valence-corrected chi connectivity index (χ1v) is 13.4. The number of ether oxygens (including phenoxy) is 2. The monoisotopic (exact) mass is 528 g/mol. The van der Waals surface area contributed by atoms with Crippen LogP contribution >= 0.6 is 0 Å². The Morgan fingerprint density at radius 1 is 0.974 bits per heavy atom. The van der Waals surface area contributed by atoms with Crippen molar-refractivity contribution >= 4 is 11.7 Å². The highest BCUT2D eigenvalue weighted by atomic mass is 19.1. The van der Waals surface area contributed by atoms with Crippen LogP contribution in [0, 0.1) is 0 Å². The first kappa shape index (κ1) is 27.9. The molecule has 2 aromatic rings. The molecule has 8 nitrogen and oxygen atoms in total. The summed E-state index contributed by atoms with van der Waals surface area (Å²) in [5, 5.41) is 23.6. The lowest BCUT2D eigenvalue weighted by molar-refractivity contribution is -0.123. The zero-order chi connectivity index (χ0) is 26.9. The van der Waals surface area contributed by atoms with Crippen LogP contribution in [-0.4, -0.2) is 71.9 Å². The number of aromatic hydroxyl groups is 1. The second-order valence-corrected chi connectivity index (χ2v) is 10.0. The fourth-order valence-electron chi connectivity index (χ4n) is 4.88. The molecule has 38 heavy (non-hydrogen) atoms. The molecule has 0 aliphatic carbocycles. The number of rotatable bonds is 12. The summed E-state index contributed by atoms with van der Waals surface area (Å²) in [6.07, 6.45) is 1.78.